The summed E-state index contributed by atoms with van der Waals surface area (Å²) in [7, 11) is 1.92. The van der Waals surface area contributed by atoms with E-state index in [9.17, 15) is 10.1 Å². The molecule has 0 aliphatic heterocycles. The van der Waals surface area contributed by atoms with Gasteiger partial charge in [-0.05, 0) is 31.7 Å². The number of aromatic nitrogens is 1. The van der Waals surface area contributed by atoms with Crippen LogP contribution in [0.15, 0.2) is 12.3 Å². The van der Waals surface area contributed by atoms with E-state index in [1.807, 2.05) is 18.9 Å². The smallest absolute Gasteiger partial charge is 0.287 e. The zero-order valence-corrected chi connectivity index (χ0v) is 10.8. The highest BCUT2D eigenvalue weighted by Gasteiger charge is 2.11. The van der Waals surface area contributed by atoms with Crippen molar-refractivity contribution in [3.05, 3.63) is 27.9 Å². The van der Waals surface area contributed by atoms with Gasteiger partial charge in [-0.2, -0.15) is 0 Å². The first kappa shape index (κ1) is 14.4. The van der Waals surface area contributed by atoms with Crippen LogP contribution in [0.4, 0.5) is 11.5 Å². The van der Waals surface area contributed by atoms with Crippen molar-refractivity contribution in [2.75, 3.05) is 25.1 Å². The van der Waals surface area contributed by atoms with Gasteiger partial charge in [0.05, 0.1) is 4.92 Å². The molecular formula is C12H19N3O3. The summed E-state index contributed by atoms with van der Waals surface area (Å²) in [6, 6.07) is 1.53. The number of pyridine rings is 1. The van der Waals surface area contributed by atoms with Gasteiger partial charge in [0.2, 0.25) is 0 Å². The lowest BCUT2D eigenvalue weighted by Gasteiger charge is -2.19. The van der Waals surface area contributed by atoms with E-state index in [4.69, 9.17) is 5.11 Å². The number of aliphatic hydroxyl groups excluding tert-OH is 1. The first-order chi connectivity index (χ1) is 8.56. The Labute approximate surface area is 106 Å². The second kappa shape index (κ2) is 6.90. The van der Waals surface area contributed by atoms with Gasteiger partial charge in [-0.1, -0.05) is 0 Å². The van der Waals surface area contributed by atoms with Gasteiger partial charge < -0.3 is 10.0 Å². The average Bonchev–Trinajstić information content (AvgIpc) is 2.34. The van der Waals surface area contributed by atoms with Crippen LogP contribution in [0.2, 0.25) is 0 Å². The van der Waals surface area contributed by atoms with E-state index in [1.165, 1.54) is 12.3 Å². The summed E-state index contributed by atoms with van der Waals surface area (Å²) in [5, 5.41) is 19.3. The predicted molar refractivity (Wildman–Crippen MR) is 69.8 cm³/mol. The normalized spacial score (nSPS) is 10.4. The summed E-state index contributed by atoms with van der Waals surface area (Å²) in [4.78, 5) is 16.3. The SMILES string of the molecule is Cc1cc([N+](=O)[O-])cnc1N(C)CCCCCO. The molecule has 0 radical (unpaired) electrons. The fourth-order valence-corrected chi connectivity index (χ4v) is 1.80. The van der Waals surface area contributed by atoms with Crippen LogP contribution in [0.1, 0.15) is 24.8 Å². The Morgan fingerprint density at radius 2 is 2.17 bits per heavy atom. The maximum absolute atomic E-state index is 10.6. The molecule has 1 aromatic heterocycles. The summed E-state index contributed by atoms with van der Waals surface area (Å²) in [5.74, 6) is 0.768. The third-order valence-electron chi connectivity index (χ3n) is 2.76. The molecule has 18 heavy (non-hydrogen) atoms. The van der Waals surface area contributed by atoms with E-state index in [2.05, 4.69) is 4.98 Å². The van der Waals surface area contributed by atoms with Crippen molar-refractivity contribution in [3.63, 3.8) is 0 Å². The number of hydrogen-bond donors (Lipinski definition) is 1. The van der Waals surface area contributed by atoms with Gasteiger partial charge in [0.25, 0.3) is 5.69 Å². The Bertz CT molecular complexity index is 410. The zero-order chi connectivity index (χ0) is 13.5. The summed E-state index contributed by atoms with van der Waals surface area (Å²) in [6.07, 6.45) is 4.02. The summed E-state index contributed by atoms with van der Waals surface area (Å²) in [5.41, 5.74) is 0.818. The fourth-order valence-electron chi connectivity index (χ4n) is 1.80. The topological polar surface area (TPSA) is 79.5 Å². The highest BCUT2D eigenvalue weighted by molar-refractivity contribution is 5.49. The third kappa shape index (κ3) is 3.96. The molecule has 1 heterocycles. The highest BCUT2D eigenvalue weighted by atomic mass is 16.6. The maximum Gasteiger partial charge on any atom is 0.287 e. The fraction of sp³-hybridized carbons (Fsp3) is 0.583. The number of anilines is 1. The lowest BCUT2D eigenvalue weighted by molar-refractivity contribution is -0.385. The molecule has 6 nitrogen and oxygen atoms in total. The third-order valence-corrected chi connectivity index (χ3v) is 2.76. The molecule has 1 N–H and O–H groups in total. The minimum Gasteiger partial charge on any atom is -0.396 e. The molecule has 0 bridgehead atoms. The van der Waals surface area contributed by atoms with E-state index in [0.29, 0.717) is 0 Å². The Morgan fingerprint density at radius 3 is 2.72 bits per heavy atom. The summed E-state index contributed by atoms with van der Waals surface area (Å²) < 4.78 is 0. The van der Waals surface area contributed by atoms with Gasteiger partial charge >= 0.3 is 0 Å². The van der Waals surface area contributed by atoms with E-state index < -0.39 is 4.92 Å². The minimum absolute atomic E-state index is 0.0185. The predicted octanol–water partition coefficient (Wildman–Crippen LogP) is 1.90. The van der Waals surface area contributed by atoms with Crippen LogP contribution < -0.4 is 4.90 Å². The van der Waals surface area contributed by atoms with Gasteiger partial charge in [-0.15, -0.1) is 0 Å². The molecule has 1 aromatic rings. The van der Waals surface area contributed by atoms with Gasteiger partial charge in [0.15, 0.2) is 0 Å². The van der Waals surface area contributed by atoms with Crippen molar-refractivity contribution < 1.29 is 10.0 Å². The molecule has 0 aliphatic carbocycles. The van der Waals surface area contributed by atoms with Crippen molar-refractivity contribution in [2.24, 2.45) is 0 Å². The number of hydrogen-bond acceptors (Lipinski definition) is 5. The number of nitrogens with zero attached hydrogens (tertiary/aromatic N) is 3. The Hall–Kier alpha value is -1.69. The van der Waals surface area contributed by atoms with Crippen molar-refractivity contribution in [1.82, 2.24) is 4.98 Å². The highest BCUT2D eigenvalue weighted by Crippen LogP contribution is 2.20. The molecule has 0 amide bonds. The van der Waals surface area contributed by atoms with Gasteiger partial charge in [0.1, 0.15) is 12.0 Å². The molecule has 6 heteroatoms. The maximum atomic E-state index is 10.6. The second-order valence-corrected chi connectivity index (χ2v) is 4.30. The van der Waals surface area contributed by atoms with Crippen molar-refractivity contribution in [1.29, 1.82) is 0 Å². The molecule has 0 aliphatic rings. The molecule has 0 atom stereocenters. The van der Waals surface area contributed by atoms with Crippen LogP contribution in [0.25, 0.3) is 0 Å². The first-order valence-corrected chi connectivity index (χ1v) is 5.99. The second-order valence-electron chi connectivity index (χ2n) is 4.30. The standard InChI is InChI=1S/C12H19N3O3/c1-10-8-11(15(17)18)9-13-12(10)14(2)6-4-3-5-7-16/h8-9,16H,3-7H2,1-2H3. The molecule has 100 valence electrons. The molecule has 0 spiro atoms. The largest absolute Gasteiger partial charge is 0.396 e. The lowest BCUT2D eigenvalue weighted by atomic mass is 10.2. The molecule has 0 unspecified atom stereocenters. The summed E-state index contributed by atoms with van der Waals surface area (Å²) >= 11 is 0. The number of aryl methyl sites for hydroxylation is 1. The van der Waals surface area contributed by atoms with Crippen LogP contribution in [-0.2, 0) is 0 Å². The average molecular weight is 253 g/mol. The van der Waals surface area contributed by atoms with Gasteiger partial charge in [-0.25, -0.2) is 4.98 Å². The van der Waals surface area contributed by atoms with E-state index in [1.54, 1.807) is 0 Å². The molecule has 0 saturated carbocycles. The number of unbranched alkanes of at least 4 members (excludes halogenated alkanes) is 2. The minimum atomic E-state index is -0.439. The molecule has 0 aromatic carbocycles. The lowest BCUT2D eigenvalue weighted by Crippen LogP contribution is -2.20. The van der Waals surface area contributed by atoms with E-state index >= 15 is 0 Å². The molecule has 1 rings (SSSR count). The van der Waals surface area contributed by atoms with Crippen LogP contribution >= 0.6 is 0 Å². The first-order valence-electron chi connectivity index (χ1n) is 5.99. The molecule has 0 fully saturated rings. The Kier molecular flexibility index (Phi) is 5.51. The Morgan fingerprint density at radius 1 is 1.44 bits per heavy atom. The van der Waals surface area contributed by atoms with Gasteiger partial charge in [-0.3, -0.25) is 10.1 Å². The van der Waals surface area contributed by atoms with E-state index in [-0.39, 0.29) is 12.3 Å². The summed E-state index contributed by atoms with van der Waals surface area (Å²) in [6.45, 7) is 2.86. The number of aliphatic hydroxyl groups is 1. The Balaban J connectivity index is 2.62. The van der Waals surface area contributed by atoms with Crippen molar-refractivity contribution >= 4 is 11.5 Å². The van der Waals surface area contributed by atoms with Crippen molar-refractivity contribution in [2.45, 2.75) is 26.2 Å². The van der Waals surface area contributed by atoms with Gasteiger partial charge in [0, 0.05) is 26.3 Å². The van der Waals surface area contributed by atoms with Crippen molar-refractivity contribution in [3.8, 4) is 0 Å². The van der Waals surface area contributed by atoms with Crippen LogP contribution in [-0.4, -0.2) is 35.2 Å². The molecule has 0 saturated heterocycles. The number of nitro groups is 1. The van der Waals surface area contributed by atoms with Crippen LogP contribution in [0.5, 0.6) is 0 Å². The zero-order valence-electron chi connectivity index (χ0n) is 10.8. The molecular weight excluding hydrogens is 234 g/mol. The van der Waals surface area contributed by atoms with Crippen LogP contribution in [0, 0.1) is 17.0 Å². The monoisotopic (exact) mass is 253 g/mol. The quantitative estimate of drug-likeness (QED) is 0.456. The van der Waals surface area contributed by atoms with Crippen LogP contribution in [0.3, 0.4) is 0 Å². The number of rotatable bonds is 7. The van der Waals surface area contributed by atoms with E-state index in [0.717, 1.165) is 37.2 Å².